The molecule has 0 aliphatic heterocycles. The van der Waals surface area contributed by atoms with Crippen molar-refractivity contribution in [3.63, 3.8) is 0 Å². The molecule has 0 saturated carbocycles. The number of quaternary nitrogens is 1. The standard InChI is InChI=1S/C49H98NO2/c1-6-8-10-12-14-16-18-20-22-24-26-28-30-34-38-42-46-51-48-49(44-40-36-32-33-37-41-45-50(3,4)5)52-47-43-39-35-31-29-27-25-23-21-19-17-15-13-11-9-7-2/h20-23,49H,6-19,24-48H2,1-5H3/q+1/b22-20-,23-21-. The molecule has 0 aliphatic carbocycles. The molecule has 0 radical (unpaired) electrons. The van der Waals surface area contributed by atoms with Crippen molar-refractivity contribution in [2.45, 2.75) is 245 Å². The monoisotopic (exact) mass is 733 g/mol. The minimum Gasteiger partial charge on any atom is -0.379 e. The lowest BCUT2D eigenvalue weighted by atomic mass is 10.1. The molecule has 1 atom stereocenters. The zero-order chi connectivity index (χ0) is 37.9. The van der Waals surface area contributed by atoms with Crippen LogP contribution in [0, 0.1) is 0 Å². The lowest BCUT2D eigenvalue weighted by molar-refractivity contribution is -0.870. The van der Waals surface area contributed by atoms with Gasteiger partial charge in [-0.05, 0) is 83.5 Å². The minimum atomic E-state index is 0.287. The lowest BCUT2D eigenvalue weighted by Gasteiger charge is -2.23. The van der Waals surface area contributed by atoms with E-state index >= 15 is 0 Å². The van der Waals surface area contributed by atoms with Crippen LogP contribution in [0.15, 0.2) is 24.3 Å². The Balaban J connectivity index is 3.96. The molecule has 3 nitrogen and oxygen atoms in total. The van der Waals surface area contributed by atoms with Gasteiger partial charge in [-0.1, -0.05) is 179 Å². The second-order valence-electron chi connectivity index (χ2n) is 17.4. The summed E-state index contributed by atoms with van der Waals surface area (Å²) < 4.78 is 13.7. The molecule has 0 spiro atoms. The van der Waals surface area contributed by atoms with Gasteiger partial charge in [-0.15, -0.1) is 0 Å². The summed E-state index contributed by atoms with van der Waals surface area (Å²) in [5.41, 5.74) is 0. The second-order valence-corrected chi connectivity index (χ2v) is 17.4. The maximum atomic E-state index is 6.44. The van der Waals surface area contributed by atoms with E-state index in [-0.39, 0.29) is 6.10 Å². The fraction of sp³-hybridized carbons (Fsp3) is 0.918. The van der Waals surface area contributed by atoms with Crippen LogP contribution in [-0.4, -0.2) is 58.1 Å². The van der Waals surface area contributed by atoms with E-state index in [1.54, 1.807) is 0 Å². The van der Waals surface area contributed by atoms with Gasteiger partial charge in [0.05, 0.1) is 40.4 Å². The topological polar surface area (TPSA) is 18.5 Å². The highest BCUT2D eigenvalue weighted by Gasteiger charge is 2.10. The van der Waals surface area contributed by atoms with Crippen molar-refractivity contribution >= 4 is 0 Å². The van der Waals surface area contributed by atoms with Crippen molar-refractivity contribution < 1.29 is 14.0 Å². The molecule has 0 aliphatic rings. The van der Waals surface area contributed by atoms with E-state index in [1.165, 1.54) is 231 Å². The molecular formula is C49H98NO2+. The molecule has 0 heterocycles. The number of rotatable bonds is 44. The Morgan fingerprint density at radius 2 is 0.731 bits per heavy atom. The highest BCUT2D eigenvalue weighted by Crippen LogP contribution is 2.15. The molecule has 0 aromatic heterocycles. The number of hydrogen-bond donors (Lipinski definition) is 0. The number of unbranched alkanes of at least 4 members (excludes halogenated alkanes) is 29. The van der Waals surface area contributed by atoms with Crippen LogP contribution in [0.3, 0.4) is 0 Å². The van der Waals surface area contributed by atoms with Gasteiger partial charge in [-0.25, -0.2) is 0 Å². The first-order valence-electron chi connectivity index (χ1n) is 23.8. The molecule has 0 aromatic carbocycles. The lowest BCUT2D eigenvalue weighted by Crippen LogP contribution is -2.35. The number of hydrogen-bond acceptors (Lipinski definition) is 2. The average molecular weight is 733 g/mol. The van der Waals surface area contributed by atoms with Crippen molar-refractivity contribution in [3.05, 3.63) is 24.3 Å². The smallest absolute Gasteiger partial charge is 0.0808 e. The maximum Gasteiger partial charge on any atom is 0.0808 e. The molecule has 0 fully saturated rings. The van der Waals surface area contributed by atoms with Gasteiger partial charge in [0, 0.05) is 13.2 Å². The molecule has 0 bridgehead atoms. The first-order valence-corrected chi connectivity index (χ1v) is 23.8. The van der Waals surface area contributed by atoms with E-state index in [0.29, 0.717) is 0 Å². The quantitative estimate of drug-likeness (QED) is 0.0353. The Morgan fingerprint density at radius 3 is 1.15 bits per heavy atom. The predicted molar refractivity (Wildman–Crippen MR) is 235 cm³/mol. The highest BCUT2D eigenvalue weighted by atomic mass is 16.5. The zero-order valence-electron chi connectivity index (χ0n) is 36.7. The third kappa shape index (κ3) is 45.5. The maximum absolute atomic E-state index is 6.44. The molecule has 0 saturated heterocycles. The normalized spacial score (nSPS) is 12.9. The molecular weight excluding hydrogens is 635 g/mol. The van der Waals surface area contributed by atoms with Crippen molar-refractivity contribution in [3.8, 4) is 0 Å². The van der Waals surface area contributed by atoms with Crippen LogP contribution in [-0.2, 0) is 9.47 Å². The number of ether oxygens (including phenoxy) is 2. The fourth-order valence-corrected chi connectivity index (χ4v) is 7.15. The Morgan fingerprint density at radius 1 is 0.385 bits per heavy atom. The summed E-state index contributed by atoms with van der Waals surface area (Å²) in [6.07, 6.45) is 57.2. The Hall–Kier alpha value is -0.640. The minimum absolute atomic E-state index is 0.287. The van der Waals surface area contributed by atoms with Crippen LogP contribution in [0.25, 0.3) is 0 Å². The van der Waals surface area contributed by atoms with E-state index < -0.39 is 0 Å². The third-order valence-electron chi connectivity index (χ3n) is 10.7. The van der Waals surface area contributed by atoms with Crippen LogP contribution in [0.2, 0.25) is 0 Å². The summed E-state index contributed by atoms with van der Waals surface area (Å²) in [6.45, 7) is 8.49. The third-order valence-corrected chi connectivity index (χ3v) is 10.7. The largest absolute Gasteiger partial charge is 0.379 e. The molecule has 0 amide bonds. The van der Waals surface area contributed by atoms with Crippen molar-refractivity contribution in [2.24, 2.45) is 0 Å². The van der Waals surface area contributed by atoms with Crippen LogP contribution >= 0.6 is 0 Å². The number of allylic oxidation sites excluding steroid dienone is 4. The molecule has 310 valence electrons. The van der Waals surface area contributed by atoms with Gasteiger partial charge < -0.3 is 14.0 Å². The molecule has 0 aromatic rings. The summed E-state index contributed by atoms with van der Waals surface area (Å²) >= 11 is 0. The first-order chi connectivity index (χ1) is 25.5. The van der Waals surface area contributed by atoms with Gasteiger partial charge in [-0.3, -0.25) is 0 Å². The predicted octanol–water partition coefficient (Wildman–Crippen LogP) is 15.9. The average Bonchev–Trinajstić information content (AvgIpc) is 3.12. The fourth-order valence-electron chi connectivity index (χ4n) is 7.15. The summed E-state index contributed by atoms with van der Waals surface area (Å²) in [7, 11) is 6.91. The number of nitrogens with zero attached hydrogens (tertiary/aromatic N) is 1. The molecule has 1 unspecified atom stereocenters. The highest BCUT2D eigenvalue weighted by molar-refractivity contribution is 4.82. The van der Waals surface area contributed by atoms with Crippen molar-refractivity contribution in [1.29, 1.82) is 0 Å². The Labute approximate surface area is 329 Å². The van der Waals surface area contributed by atoms with Gasteiger partial charge in [-0.2, -0.15) is 0 Å². The second kappa shape index (κ2) is 43.1. The molecule has 0 N–H and O–H groups in total. The van der Waals surface area contributed by atoms with E-state index in [2.05, 4.69) is 59.3 Å². The van der Waals surface area contributed by atoms with Crippen molar-refractivity contribution in [2.75, 3.05) is 47.5 Å². The SMILES string of the molecule is CCCCCCCC/C=C\CCCCCCCCOCC(CCCCCCCC[N+](C)(C)C)OCCCCCCCC/C=C\CCCCCCCC. The van der Waals surface area contributed by atoms with E-state index in [9.17, 15) is 0 Å². The van der Waals surface area contributed by atoms with Gasteiger partial charge in [0.2, 0.25) is 0 Å². The Bertz CT molecular complexity index is 711. The first kappa shape index (κ1) is 51.4. The molecule has 0 rings (SSSR count). The summed E-state index contributed by atoms with van der Waals surface area (Å²) in [4.78, 5) is 0. The van der Waals surface area contributed by atoms with E-state index in [4.69, 9.17) is 9.47 Å². The van der Waals surface area contributed by atoms with Gasteiger partial charge in [0.1, 0.15) is 0 Å². The van der Waals surface area contributed by atoms with E-state index in [1.807, 2.05) is 0 Å². The van der Waals surface area contributed by atoms with E-state index in [0.717, 1.165) is 24.3 Å². The van der Waals surface area contributed by atoms with Gasteiger partial charge in [0.25, 0.3) is 0 Å². The van der Waals surface area contributed by atoms with Crippen molar-refractivity contribution in [1.82, 2.24) is 0 Å². The summed E-state index contributed by atoms with van der Waals surface area (Å²) in [5.74, 6) is 0. The molecule has 3 heteroatoms. The Kier molecular flexibility index (Phi) is 42.6. The summed E-state index contributed by atoms with van der Waals surface area (Å²) in [6, 6.07) is 0. The van der Waals surface area contributed by atoms with Crippen LogP contribution in [0.5, 0.6) is 0 Å². The van der Waals surface area contributed by atoms with Gasteiger partial charge in [0.15, 0.2) is 0 Å². The zero-order valence-corrected chi connectivity index (χ0v) is 36.7. The van der Waals surface area contributed by atoms with Gasteiger partial charge >= 0.3 is 0 Å². The van der Waals surface area contributed by atoms with Crippen LogP contribution in [0.4, 0.5) is 0 Å². The summed E-state index contributed by atoms with van der Waals surface area (Å²) in [5, 5.41) is 0. The van der Waals surface area contributed by atoms with Crippen LogP contribution in [0.1, 0.15) is 239 Å². The van der Waals surface area contributed by atoms with Crippen LogP contribution < -0.4 is 0 Å². The molecule has 52 heavy (non-hydrogen) atoms.